The Bertz CT molecular complexity index is 287. The number of hydrogen-bond donors (Lipinski definition) is 2. The van der Waals surface area contributed by atoms with Gasteiger partial charge in [-0.25, -0.2) is 0 Å². The molecule has 1 rings (SSSR count). The molecule has 0 spiro atoms. The highest BCUT2D eigenvalue weighted by molar-refractivity contribution is 5.23. The van der Waals surface area contributed by atoms with Gasteiger partial charge in [0.15, 0.2) is 0 Å². The Hall–Kier alpha value is -0.860. The highest BCUT2D eigenvalue weighted by Gasteiger charge is 1.98. The number of benzene rings is 1. The molecule has 0 saturated carbocycles. The molecule has 0 heterocycles. The van der Waals surface area contributed by atoms with Crippen LogP contribution in [0.2, 0.25) is 0 Å². The molecular formula is C14H28N2. The van der Waals surface area contributed by atoms with Crippen LogP contribution in [0.4, 0.5) is 0 Å². The van der Waals surface area contributed by atoms with Crippen LogP contribution < -0.4 is 10.6 Å². The summed E-state index contributed by atoms with van der Waals surface area (Å²) in [5.74, 6) is 0. The summed E-state index contributed by atoms with van der Waals surface area (Å²) < 4.78 is 0. The molecule has 0 saturated heterocycles. The Kier molecular flexibility index (Phi) is 5.50. The Morgan fingerprint density at radius 2 is 1.38 bits per heavy atom. The maximum absolute atomic E-state index is 3.43. The van der Waals surface area contributed by atoms with Gasteiger partial charge >= 0.3 is 0 Å². The van der Waals surface area contributed by atoms with Crippen molar-refractivity contribution in [2.45, 2.75) is 52.9 Å². The molecule has 94 valence electrons. The van der Waals surface area contributed by atoms with Crippen molar-refractivity contribution in [3.8, 4) is 0 Å². The Morgan fingerprint density at radius 1 is 0.938 bits per heavy atom. The number of hydrogen-bond acceptors (Lipinski definition) is 2. The fourth-order valence-electron chi connectivity index (χ4n) is 1.49. The SMILES string of the molecule is CC(C)NCc1cccc(CNC(C)C)c1.[HH].[HH]. The van der Waals surface area contributed by atoms with Gasteiger partial charge < -0.3 is 10.6 Å². The summed E-state index contributed by atoms with van der Waals surface area (Å²) in [6, 6.07) is 9.83. The van der Waals surface area contributed by atoms with Crippen molar-refractivity contribution in [2.75, 3.05) is 0 Å². The lowest BCUT2D eigenvalue weighted by Gasteiger charge is -2.11. The Labute approximate surface area is 102 Å². The molecule has 0 amide bonds. The molecule has 0 atom stereocenters. The van der Waals surface area contributed by atoms with Gasteiger partial charge in [-0.1, -0.05) is 52.0 Å². The van der Waals surface area contributed by atoms with E-state index in [2.05, 4.69) is 62.6 Å². The molecular weight excluding hydrogens is 196 g/mol. The zero-order chi connectivity index (χ0) is 12.0. The van der Waals surface area contributed by atoms with Gasteiger partial charge in [0.2, 0.25) is 0 Å². The molecule has 0 radical (unpaired) electrons. The number of rotatable bonds is 6. The molecule has 0 aromatic heterocycles. The maximum atomic E-state index is 3.43. The molecule has 0 bridgehead atoms. The van der Waals surface area contributed by atoms with Gasteiger partial charge in [0, 0.05) is 28.0 Å². The van der Waals surface area contributed by atoms with Crippen molar-refractivity contribution in [3.05, 3.63) is 35.4 Å². The van der Waals surface area contributed by atoms with E-state index in [9.17, 15) is 0 Å². The monoisotopic (exact) mass is 224 g/mol. The normalized spacial score (nSPS) is 11.4. The van der Waals surface area contributed by atoms with Gasteiger partial charge in [-0.3, -0.25) is 0 Å². The number of nitrogens with one attached hydrogen (secondary N) is 2. The van der Waals surface area contributed by atoms with Crippen molar-refractivity contribution >= 4 is 0 Å². The van der Waals surface area contributed by atoms with E-state index in [1.165, 1.54) is 11.1 Å². The van der Waals surface area contributed by atoms with E-state index in [1.807, 2.05) is 0 Å². The van der Waals surface area contributed by atoms with E-state index >= 15 is 0 Å². The fraction of sp³-hybridized carbons (Fsp3) is 0.571. The van der Waals surface area contributed by atoms with Crippen molar-refractivity contribution < 1.29 is 2.85 Å². The molecule has 1 aromatic carbocycles. The van der Waals surface area contributed by atoms with Crippen LogP contribution in [0, 0.1) is 0 Å². The van der Waals surface area contributed by atoms with Crippen LogP contribution in [0.15, 0.2) is 24.3 Å². The first-order valence-corrected chi connectivity index (χ1v) is 6.12. The van der Waals surface area contributed by atoms with Crippen molar-refractivity contribution in [2.24, 2.45) is 0 Å². The quantitative estimate of drug-likeness (QED) is 0.775. The molecule has 2 nitrogen and oxygen atoms in total. The third-order valence-electron chi connectivity index (χ3n) is 2.42. The molecule has 0 unspecified atom stereocenters. The van der Waals surface area contributed by atoms with Crippen LogP contribution in [0.1, 0.15) is 41.7 Å². The lowest BCUT2D eigenvalue weighted by atomic mass is 10.1. The van der Waals surface area contributed by atoms with Crippen LogP contribution in [-0.2, 0) is 13.1 Å². The van der Waals surface area contributed by atoms with Crippen molar-refractivity contribution in [1.82, 2.24) is 10.6 Å². The van der Waals surface area contributed by atoms with E-state index in [0.29, 0.717) is 12.1 Å². The zero-order valence-corrected chi connectivity index (χ0v) is 10.9. The average molecular weight is 224 g/mol. The predicted octanol–water partition coefficient (Wildman–Crippen LogP) is 3.17. The average Bonchev–Trinajstić information content (AvgIpc) is 2.24. The summed E-state index contributed by atoms with van der Waals surface area (Å²) in [6.45, 7) is 10.6. The lowest BCUT2D eigenvalue weighted by Crippen LogP contribution is -2.23. The van der Waals surface area contributed by atoms with E-state index in [0.717, 1.165) is 13.1 Å². The smallest absolute Gasteiger partial charge is 0.0207 e. The summed E-state index contributed by atoms with van der Waals surface area (Å²) in [4.78, 5) is 0. The van der Waals surface area contributed by atoms with Crippen LogP contribution in [0.3, 0.4) is 0 Å². The molecule has 2 N–H and O–H groups in total. The topological polar surface area (TPSA) is 24.1 Å². The predicted molar refractivity (Wildman–Crippen MR) is 74.6 cm³/mol. The van der Waals surface area contributed by atoms with Gasteiger partial charge in [0.1, 0.15) is 0 Å². The minimum atomic E-state index is 0. The van der Waals surface area contributed by atoms with Crippen LogP contribution in [0.25, 0.3) is 0 Å². The minimum Gasteiger partial charge on any atom is -0.310 e. The summed E-state index contributed by atoms with van der Waals surface area (Å²) in [5.41, 5.74) is 2.72. The third-order valence-corrected chi connectivity index (χ3v) is 2.42. The maximum Gasteiger partial charge on any atom is 0.0207 e. The second-order valence-corrected chi connectivity index (χ2v) is 4.89. The highest BCUT2D eigenvalue weighted by atomic mass is 14.9. The summed E-state index contributed by atoms with van der Waals surface area (Å²) in [7, 11) is 0. The first-order chi connectivity index (χ1) is 7.58. The van der Waals surface area contributed by atoms with Crippen molar-refractivity contribution in [1.29, 1.82) is 0 Å². The van der Waals surface area contributed by atoms with Gasteiger partial charge in [-0.2, -0.15) is 0 Å². The van der Waals surface area contributed by atoms with E-state index in [-0.39, 0.29) is 2.85 Å². The molecule has 1 aromatic rings. The molecule has 0 aliphatic rings. The summed E-state index contributed by atoms with van der Waals surface area (Å²) in [6.07, 6.45) is 0. The standard InChI is InChI=1S/C14H24N2.2H2/c1-11(2)15-9-13-6-5-7-14(8-13)10-16-12(3)4;;/h5-8,11-12,15-16H,9-10H2,1-4H3;2*1H. The van der Waals surface area contributed by atoms with E-state index < -0.39 is 0 Å². The van der Waals surface area contributed by atoms with Crippen LogP contribution >= 0.6 is 0 Å². The van der Waals surface area contributed by atoms with Crippen molar-refractivity contribution in [3.63, 3.8) is 0 Å². The Balaban J connectivity index is 0. The first kappa shape index (κ1) is 13.2. The zero-order valence-electron chi connectivity index (χ0n) is 10.9. The van der Waals surface area contributed by atoms with E-state index in [4.69, 9.17) is 0 Å². The molecule has 0 aliphatic carbocycles. The highest BCUT2D eigenvalue weighted by Crippen LogP contribution is 2.05. The lowest BCUT2D eigenvalue weighted by molar-refractivity contribution is 0.581. The second kappa shape index (κ2) is 6.66. The third kappa shape index (κ3) is 5.29. The fourth-order valence-corrected chi connectivity index (χ4v) is 1.49. The van der Waals surface area contributed by atoms with Crippen LogP contribution in [-0.4, -0.2) is 12.1 Å². The summed E-state index contributed by atoms with van der Waals surface area (Å²) in [5, 5.41) is 6.87. The van der Waals surface area contributed by atoms with Gasteiger partial charge in [-0.05, 0) is 11.1 Å². The van der Waals surface area contributed by atoms with Gasteiger partial charge in [0.05, 0.1) is 0 Å². The Morgan fingerprint density at radius 3 is 1.75 bits per heavy atom. The molecule has 2 heteroatoms. The summed E-state index contributed by atoms with van der Waals surface area (Å²) >= 11 is 0. The van der Waals surface area contributed by atoms with Gasteiger partial charge in [0.25, 0.3) is 0 Å². The first-order valence-electron chi connectivity index (χ1n) is 6.12. The van der Waals surface area contributed by atoms with E-state index in [1.54, 1.807) is 0 Å². The van der Waals surface area contributed by atoms with Crippen LogP contribution in [0.5, 0.6) is 0 Å². The molecule has 16 heavy (non-hydrogen) atoms. The second-order valence-electron chi connectivity index (χ2n) is 4.89. The molecule has 0 fully saturated rings. The molecule has 0 aliphatic heterocycles. The largest absolute Gasteiger partial charge is 0.310 e. The van der Waals surface area contributed by atoms with Gasteiger partial charge in [-0.15, -0.1) is 0 Å². The minimum absolute atomic E-state index is 0.